The Morgan fingerprint density at radius 1 is 0.913 bits per heavy atom. The zero-order valence-electron chi connectivity index (χ0n) is 28.0. The second-order valence-electron chi connectivity index (χ2n) is 11.8. The number of carboxylic acids is 2. The van der Waals surface area contributed by atoms with Gasteiger partial charge in [0.1, 0.15) is 23.3 Å². The minimum atomic E-state index is -2.50. The highest BCUT2D eigenvalue weighted by atomic mass is 32.2. The number of rotatable bonds is 28. The fourth-order valence-electron chi connectivity index (χ4n) is 4.95. The Morgan fingerprint density at radius 2 is 1.52 bits per heavy atom. The number of aliphatic carboxylic acids is 2. The Bertz CT molecular complexity index is 1020. The van der Waals surface area contributed by atoms with Gasteiger partial charge in [-0.2, -0.15) is 0 Å². The Hall–Kier alpha value is -2.60. The van der Waals surface area contributed by atoms with E-state index in [1.165, 1.54) is 32.4 Å². The Kier molecular flexibility index (Phi) is 22.1. The van der Waals surface area contributed by atoms with Gasteiger partial charge in [-0.25, -0.2) is 9.59 Å². The molecule has 0 aromatic heterocycles. The molecule has 0 radical (unpaired) electrons. The minimum Gasteiger partial charge on any atom is -0.616 e. The molecule has 0 fully saturated rings. The third-order valence-electron chi connectivity index (χ3n) is 7.90. The predicted molar refractivity (Wildman–Crippen MR) is 182 cm³/mol. The molecule has 0 bridgehead atoms. The number of unbranched alkanes of at least 4 members (excludes halogenated alkanes) is 9. The summed E-state index contributed by atoms with van der Waals surface area (Å²) in [6.07, 6.45) is 14.3. The summed E-state index contributed by atoms with van der Waals surface area (Å²) in [5.41, 5.74) is -1.86. The lowest BCUT2D eigenvalue weighted by Gasteiger charge is -2.30. The Morgan fingerprint density at radius 3 is 2.09 bits per heavy atom. The van der Waals surface area contributed by atoms with Crippen molar-refractivity contribution in [3.63, 3.8) is 0 Å². The summed E-state index contributed by atoms with van der Waals surface area (Å²) in [6, 6.07) is 5.57. The molecule has 46 heavy (non-hydrogen) atoms. The van der Waals surface area contributed by atoms with Crippen molar-refractivity contribution >= 4 is 29.0 Å². The van der Waals surface area contributed by atoms with Crippen LogP contribution in [0.25, 0.3) is 0 Å². The fraction of sp³-hybridized carbons (Fsp3) is 0.686. The number of allylic oxidation sites excluding steroid dienone is 1. The summed E-state index contributed by atoms with van der Waals surface area (Å²) in [4.78, 5) is 37.7. The number of hydrogen-bond donors (Lipinski definition) is 4. The summed E-state index contributed by atoms with van der Waals surface area (Å²) in [7, 11) is 1.36. The van der Waals surface area contributed by atoms with Crippen LogP contribution in [-0.2, 0) is 36.7 Å². The molecule has 0 aliphatic carbocycles. The molecular weight excluding hydrogens is 610 g/mol. The number of carboxylic acid groups (broad SMARTS) is 2. The van der Waals surface area contributed by atoms with Gasteiger partial charge in [-0.1, -0.05) is 81.4 Å². The van der Waals surface area contributed by atoms with E-state index in [-0.39, 0.29) is 19.4 Å². The van der Waals surface area contributed by atoms with Gasteiger partial charge < -0.3 is 34.7 Å². The molecule has 1 aromatic rings. The Labute approximate surface area is 278 Å². The lowest BCUT2D eigenvalue weighted by Crippen LogP contribution is -2.55. The van der Waals surface area contributed by atoms with Gasteiger partial charge in [0.25, 0.3) is 0 Å². The van der Waals surface area contributed by atoms with E-state index >= 15 is 0 Å². The zero-order valence-corrected chi connectivity index (χ0v) is 28.9. The van der Waals surface area contributed by atoms with E-state index in [4.69, 9.17) is 9.47 Å². The van der Waals surface area contributed by atoms with Crippen LogP contribution in [0.3, 0.4) is 0 Å². The number of carbonyl (C=O) groups is 3. The molecule has 0 saturated heterocycles. The summed E-state index contributed by atoms with van der Waals surface area (Å²) in [6.45, 7) is 4.70. The summed E-state index contributed by atoms with van der Waals surface area (Å²) in [5.74, 6) is -3.22. The monoisotopic (exact) mass is 667 g/mol. The van der Waals surface area contributed by atoms with Gasteiger partial charge in [0, 0.05) is 26.6 Å². The summed E-state index contributed by atoms with van der Waals surface area (Å²) in [5, 5.41) is 33.4. The van der Waals surface area contributed by atoms with Crippen LogP contribution in [0.1, 0.15) is 103 Å². The third kappa shape index (κ3) is 16.8. The molecule has 1 rings (SSSR count). The van der Waals surface area contributed by atoms with Gasteiger partial charge >= 0.3 is 11.9 Å². The molecule has 0 saturated carbocycles. The van der Waals surface area contributed by atoms with E-state index in [1.54, 1.807) is 30.3 Å². The van der Waals surface area contributed by atoms with E-state index in [9.17, 15) is 34.3 Å². The number of carbonyl (C=O) groups excluding carboxylic acids is 1. The second-order valence-corrected chi connectivity index (χ2v) is 13.5. The van der Waals surface area contributed by atoms with Crippen LogP contribution in [0, 0.1) is 5.92 Å². The first-order valence-corrected chi connectivity index (χ1v) is 18.3. The summed E-state index contributed by atoms with van der Waals surface area (Å²) >= 11 is -0.788. The largest absolute Gasteiger partial charge is 0.616 e. The molecule has 1 amide bonds. The molecule has 0 spiro atoms. The van der Waals surface area contributed by atoms with Crippen LogP contribution in [0.15, 0.2) is 36.4 Å². The van der Waals surface area contributed by atoms with Crippen LogP contribution in [0.4, 0.5) is 0 Å². The van der Waals surface area contributed by atoms with Gasteiger partial charge in [-0.05, 0) is 62.6 Å². The van der Waals surface area contributed by atoms with Gasteiger partial charge in [-0.15, -0.1) is 0 Å². The van der Waals surface area contributed by atoms with Crippen LogP contribution < -0.4 is 10.1 Å². The number of methoxy groups -OCH3 is 1. The first-order valence-electron chi connectivity index (χ1n) is 16.8. The maximum atomic E-state index is 13.4. The maximum Gasteiger partial charge on any atom is 0.336 e. The van der Waals surface area contributed by atoms with Crippen molar-refractivity contribution in [1.29, 1.82) is 0 Å². The first-order chi connectivity index (χ1) is 22.1. The Balaban J connectivity index is 2.79. The highest BCUT2D eigenvalue weighted by Gasteiger charge is 2.47. The topological polar surface area (TPSA) is 165 Å². The molecule has 0 aliphatic heterocycles. The van der Waals surface area contributed by atoms with Crippen molar-refractivity contribution in [1.82, 2.24) is 5.32 Å². The first kappa shape index (κ1) is 41.4. The number of ether oxygens (including phenoxy) is 2. The molecule has 4 atom stereocenters. The normalized spacial score (nSPS) is 14.8. The summed E-state index contributed by atoms with van der Waals surface area (Å²) < 4.78 is 22.8. The number of benzene rings is 1. The van der Waals surface area contributed by atoms with Crippen molar-refractivity contribution in [2.24, 2.45) is 5.92 Å². The van der Waals surface area contributed by atoms with E-state index in [1.807, 2.05) is 0 Å². The third-order valence-corrected chi connectivity index (χ3v) is 9.38. The molecule has 262 valence electrons. The van der Waals surface area contributed by atoms with Crippen LogP contribution in [0.5, 0.6) is 5.75 Å². The van der Waals surface area contributed by atoms with Crippen LogP contribution in [0.2, 0.25) is 0 Å². The average molecular weight is 668 g/mol. The van der Waals surface area contributed by atoms with Gasteiger partial charge in [0.2, 0.25) is 5.91 Å². The van der Waals surface area contributed by atoms with E-state index in [2.05, 4.69) is 19.2 Å². The van der Waals surface area contributed by atoms with Crippen molar-refractivity contribution in [2.75, 3.05) is 31.8 Å². The number of nitrogens with one attached hydrogen (secondary N) is 1. The van der Waals surface area contributed by atoms with E-state index in [0.29, 0.717) is 30.1 Å². The zero-order chi connectivity index (χ0) is 34.2. The smallest absolute Gasteiger partial charge is 0.336 e. The lowest BCUT2D eigenvalue weighted by atomic mass is 9.83. The van der Waals surface area contributed by atoms with Crippen molar-refractivity contribution < 1.29 is 43.7 Å². The number of hydrogen-bond acceptors (Lipinski definition) is 7. The molecule has 0 aliphatic rings. The van der Waals surface area contributed by atoms with Gasteiger partial charge in [-0.3, -0.25) is 4.79 Å². The van der Waals surface area contributed by atoms with Crippen LogP contribution >= 0.6 is 0 Å². The van der Waals surface area contributed by atoms with Crippen molar-refractivity contribution in [3.05, 3.63) is 42.0 Å². The quantitative estimate of drug-likeness (QED) is 0.0500. The molecule has 10 nitrogen and oxygen atoms in total. The molecule has 4 N–H and O–H groups in total. The predicted octanol–water partition coefficient (Wildman–Crippen LogP) is 5.67. The van der Waals surface area contributed by atoms with Crippen LogP contribution in [-0.4, -0.2) is 81.2 Å². The van der Waals surface area contributed by atoms with Crippen molar-refractivity contribution in [3.8, 4) is 5.75 Å². The molecule has 1 aromatic carbocycles. The van der Waals surface area contributed by atoms with E-state index < -0.39 is 46.6 Å². The maximum absolute atomic E-state index is 13.4. The standard InChI is InChI=1S/C35H57NO9S/c1-4-6-8-12-15-25-46(43)26-16-13-10-9-11-14-17-30(35(42,34(40)41)22-24-44-3)32(37)36-31(33(38)39)27-28-18-20-29(21-19-28)45-23-7-5-2/h14,17-21,30-31,42H,4-13,15-16,22-27H2,1-3H3,(H,36,37)(H,38,39)(H,40,41)/b17-14+/t30-,31+,35+,46?/m1/s1. The highest BCUT2D eigenvalue weighted by molar-refractivity contribution is 7.91. The molecule has 11 heteroatoms. The molecule has 1 unspecified atom stereocenters. The van der Waals surface area contributed by atoms with E-state index in [0.717, 1.165) is 57.1 Å². The fourth-order valence-corrected chi connectivity index (χ4v) is 6.21. The average Bonchev–Trinajstić information content (AvgIpc) is 3.03. The highest BCUT2D eigenvalue weighted by Crippen LogP contribution is 2.26. The van der Waals surface area contributed by atoms with Gasteiger partial charge in [0.15, 0.2) is 5.60 Å². The van der Waals surface area contributed by atoms with Crippen molar-refractivity contribution in [2.45, 2.75) is 115 Å². The number of amides is 1. The second kappa shape index (κ2) is 24.6. The molecular formula is C35H57NO9S. The minimum absolute atomic E-state index is 0.0417. The SMILES string of the molecule is CCCCCCC[S+]([O-])CCCCCC/C=C/[C@H](C(=O)N[C@@H](Cc1ccc(OCCCC)cc1)C(=O)O)[C@@](O)(CCOC)C(=O)O. The lowest BCUT2D eigenvalue weighted by molar-refractivity contribution is -0.168. The van der Waals surface area contributed by atoms with Gasteiger partial charge in [0.05, 0.1) is 12.5 Å². The number of aliphatic hydroxyl groups is 1. The molecule has 0 heterocycles.